The van der Waals surface area contributed by atoms with Crippen LogP contribution in [0, 0.1) is 0 Å². The Morgan fingerprint density at radius 1 is 0.974 bits per heavy atom. The van der Waals surface area contributed by atoms with E-state index in [9.17, 15) is 34.2 Å². The topological polar surface area (TPSA) is 256 Å². The van der Waals surface area contributed by atoms with Crippen LogP contribution >= 0.6 is 0 Å². The summed E-state index contributed by atoms with van der Waals surface area (Å²) < 4.78 is 0. The Labute approximate surface area is 225 Å². The Morgan fingerprint density at radius 3 is 2.26 bits per heavy atom. The molecule has 5 unspecified atom stereocenters. The molecule has 14 nitrogen and oxygen atoms in total. The van der Waals surface area contributed by atoms with Crippen LogP contribution in [-0.4, -0.2) is 81.6 Å². The predicted octanol–water partition coefficient (Wildman–Crippen LogP) is -2.04. The van der Waals surface area contributed by atoms with Gasteiger partial charge in [0.2, 0.25) is 23.6 Å². The van der Waals surface area contributed by atoms with Gasteiger partial charge in [0.15, 0.2) is 0 Å². The highest BCUT2D eigenvalue weighted by molar-refractivity contribution is 5.96. The van der Waals surface area contributed by atoms with Gasteiger partial charge in [-0.1, -0.05) is 18.2 Å². The Bertz CT molecular complexity index is 1170. The summed E-state index contributed by atoms with van der Waals surface area (Å²) in [5, 5.41) is 27.3. The molecule has 0 aliphatic heterocycles. The number of primary amides is 1. The van der Waals surface area contributed by atoms with Crippen LogP contribution in [0.15, 0.2) is 30.5 Å². The van der Waals surface area contributed by atoms with Gasteiger partial charge in [-0.3, -0.25) is 19.2 Å². The number of nitrogens with two attached hydrogens (primary N) is 3. The summed E-state index contributed by atoms with van der Waals surface area (Å²) in [6.07, 6.45) is 0.868. The number of fused-ring (bicyclic) bond motifs is 1. The molecular weight excluding hydrogens is 510 g/mol. The summed E-state index contributed by atoms with van der Waals surface area (Å²) in [6.45, 7) is 1.57. The highest BCUT2D eigenvalue weighted by atomic mass is 16.4. The average molecular weight is 548 g/mol. The Hall–Kier alpha value is -4.01. The van der Waals surface area contributed by atoms with Gasteiger partial charge < -0.3 is 48.3 Å². The number of unbranched alkanes of at least 4 members (excludes halogenated alkanes) is 1. The quantitative estimate of drug-likeness (QED) is 0.105. The number of carbonyl (C=O) groups is 5. The number of amides is 4. The lowest BCUT2D eigenvalue weighted by Crippen LogP contribution is -2.60. The molecule has 0 aliphatic carbocycles. The maximum atomic E-state index is 13.0. The normalized spacial score (nSPS) is 15.0. The summed E-state index contributed by atoms with van der Waals surface area (Å²) >= 11 is 0. The van der Waals surface area contributed by atoms with Crippen molar-refractivity contribution in [1.29, 1.82) is 0 Å². The highest BCUT2D eigenvalue weighted by Gasteiger charge is 2.33. The monoisotopic (exact) mass is 547 g/mol. The van der Waals surface area contributed by atoms with E-state index in [0.29, 0.717) is 19.4 Å². The fourth-order valence-electron chi connectivity index (χ4n) is 3.99. The lowest BCUT2D eigenvalue weighted by molar-refractivity contribution is -0.143. The van der Waals surface area contributed by atoms with Crippen molar-refractivity contribution < 1.29 is 34.2 Å². The van der Waals surface area contributed by atoms with Gasteiger partial charge in [0.05, 0.1) is 18.6 Å². The number of para-hydroxylation sites is 1. The third-order valence-electron chi connectivity index (χ3n) is 6.11. The van der Waals surface area contributed by atoms with Gasteiger partial charge in [0.1, 0.15) is 18.1 Å². The molecule has 12 N–H and O–H groups in total. The lowest BCUT2D eigenvalue weighted by atomic mass is 10.0. The fraction of sp³-hybridized carbons (Fsp3) is 0.480. The van der Waals surface area contributed by atoms with Crippen LogP contribution in [-0.2, 0) is 30.4 Å². The third-order valence-corrected chi connectivity index (χ3v) is 6.11. The molecule has 4 amide bonds. The van der Waals surface area contributed by atoms with Gasteiger partial charge in [0.25, 0.3) is 0 Å². The van der Waals surface area contributed by atoms with Crippen molar-refractivity contribution in [3.8, 4) is 0 Å². The lowest BCUT2D eigenvalue weighted by Gasteiger charge is -2.26. The van der Waals surface area contributed by atoms with Gasteiger partial charge in [-0.25, -0.2) is 4.79 Å². The molecule has 0 saturated carbocycles. The minimum Gasteiger partial charge on any atom is -0.480 e. The van der Waals surface area contributed by atoms with Crippen molar-refractivity contribution in [2.45, 2.75) is 69.3 Å². The first kappa shape index (κ1) is 31.2. The first-order valence-electron chi connectivity index (χ1n) is 12.6. The number of H-pyrrole nitrogens is 1. The number of aromatic amines is 1. The molecule has 0 fully saturated rings. The van der Waals surface area contributed by atoms with Gasteiger partial charge in [-0.2, -0.15) is 0 Å². The van der Waals surface area contributed by atoms with E-state index in [-0.39, 0.29) is 12.8 Å². The molecule has 5 atom stereocenters. The number of aromatic nitrogens is 1. The van der Waals surface area contributed by atoms with Crippen LogP contribution in [0.3, 0.4) is 0 Å². The second-order valence-corrected chi connectivity index (χ2v) is 9.31. The maximum Gasteiger partial charge on any atom is 0.326 e. The zero-order valence-electron chi connectivity index (χ0n) is 21.7. The molecule has 1 aromatic carbocycles. The van der Waals surface area contributed by atoms with E-state index < -0.39 is 66.3 Å². The average Bonchev–Trinajstić information content (AvgIpc) is 3.28. The van der Waals surface area contributed by atoms with Gasteiger partial charge in [-0.15, -0.1) is 0 Å². The number of benzene rings is 1. The number of hydrogen-bond donors (Lipinski definition) is 9. The van der Waals surface area contributed by atoms with Crippen LogP contribution in [0.1, 0.15) is 38.2 Å². The maximum absolute atomic E-state index is 13.0. The molecule has 0 radical (unpaired) electrons. The number of hydrogen-bond acceptors (Lipinski definition) is 8. The van der Waals surface area contributed by atoms with E-state index >= 15 is 0 Å². The number of carbonyl (C=O) groups excluding carboxylic acids is 4. The summed E-state index contributed by atoms with van der Waals surface area (Å²) in [4.78, 5) is 64.8. The minimum atomic E-state index is -1.58. The number of nitrogens with one attached hydrogen (secondary N) is 4. The van der Waals surface area contributed by atoms with Crippen LogP contribution in [0.5, 0.6) is 0 Å². The minimum absolute atomic E-state index is 0.0907. The van der Waals surface area contributed by atoms with Crippen molar-refractivity contribution >= 4 is 40.5 Å². The van der Waals surface area contributed by atoms with Crippen molar-refractivity contribution in [2.24, 2.45) is 17.2 Å². The number of carboxylic acids is 1. The molecule has 2 rings (SSSR count). The molecule has 0 aliphatic rings. The molecule has 0 saturated heterocycles. The van der Waals surface area contributed by atoms with Crippen molar-refractivity contribution in [2.75, 3.05) is 6.54 Å². The van der Waals surface area contributed by atoms with Crippen LogP contribution < -0.4 is 33.2 Å². The largest absolute Gasteiger partial charge is 0.480 e. The standard InChI is InChI=1S/C25H37N7O7/c1-13(33)21(24(37)30-18(25(38)39)8-4-5-9-26)32-23(36)19(11-20(28)34)31-22(35)16(27)10-14-12-29-17-7-3-2-6-15(14)17/h2-3,6-7,12-13,16,18-19,21,29,33H,4-5,8-11,26-27H2,1H3,(H2,28,34)(H,30,37)(H,31,35)(H,32,36)(H,38,39). The Kier molecular flexibility index (Phi) is 11.8. The second kappa shape index (κ2) is 14.8. The van der Waals surface area contributed by atoms with E-state index in [2.05, 4.69) is 20.9 Å². The van der Waals surface area contributed by atoms with Crippen molar-refractivity contribution in [3.63, 3.8) is 0 Å². The zero-order chi connectivity index (χ0) is 29.1. The molecule has 0 spiro atoms. The van der Waals surface area contributed by atoms with Crippen LogP contribution in [0.2, 0.25) is 0 Å². The van der Waals surface area contributed by atoms with Gasteiger partial charge >= 0.3 is 5.97 Å². The first-order chi connectivity index (χ1) is 18.4. The third kappa shape index (κ3) is 9.35. The van der Waals surface area contributed by atoms with E-state index in [1.165, 1.54) is 6.92 Å². The van der Waals surface area contributed by atoms with Gasteiger partial charge in [-0.05, 0) is 50.8 Å². The second-order valence-electron chi connectivity index (χ2n) is 9.31. The molecule has 0 bridgehead atoms. The molecule has 39 heavy (non-hydrogen) atoms. The van der Waals surface area contributed by atoms with Crippen molar-refractivity contribution in [3.05, 3.63) is 36.0 Å². The molecule has 14 heteroatoms. The SMILES string of the molecule is CC(O)C(NC(=O)C(CC(N)=O)NC(=O)C(N)Cc1c[nH]c2ccccc12)C(=O)NC(CCCCN)C(=O)O. The zero-order valence-corrected chi connectivity index (χ0v) is 21.7. The Morgan fingerprint density at radius 2 is 1.64 bits per heavy atom. The molecule has 1 aromatic heterocycles. The fourth-order valence-corrected chi connectivity index (χ4v) is 3.99. The number of aliphatic hydroxyl groups is 1. The number of rotatable bonds is 16. The van der Waals surface area contributed by atoms with Crippen LogP contribution in [0.4, 0.5) is 0 Å². The van der Waals surface area contributed by atoms with E-state index in [0.717, 1.165) is 16.5 Å². The van der Waals surface area contributed by atoms with Crippen LogP contribution in [0.25, 0.3) is 10.9 Å². The summed E-state index contributed by atoms with van der Waals surface area (Å²) in [7, 11) is 0. The molecule has 2 aromatic rings. The molecular formula is C25H37N7O7. The smallest absolute Gasteiger partial charge is 0.326 e. The summed E-state index contributed by atoms with van der Waals surface area (Å²) in [5.41, 5.74) is 18.4. The number of carboxylic acid groups (broad SMARTS) is 1. The highest BCUT2D eigenvalue weighted by Crippen LogP contribution is 2.18. The number of aliphatic carboxylic acids is 1. The molecule has 214 valence electrons. The van der Waals surface area contributed by atoms with Crippen molar-refractivity contribution in [1.82, 2.24) is 20.9 Å². The summed E-state index contributed by atoms with van der Waals surface area (Å²) in [5.74, 6) is -4.90. The summed E-state index contributed by atoms with van der Waals surface area (Å²) in [6, 6.07) is 1.98. The predicted molar refractivity (Wildman–Crippen MR) is 142 cm³/mol. The van der Waals surface area contributed by atoms with Gasteiger partial charge in [0, 0.05) is 17.1 Å². The van der Waals surface area contributed by atoms with E-state index in [1.54, 1.807) is 6.20 Å². The molecule has 1 heterocycles. The van der Waals surface area contributed by atoms with E-state index in [4.69, 9.17) is 17.2 Å². The first-order valence-corrected chi connectivity index (χ1v) is 12.6. The van der Waals surface area contributed by atoms with E-state index in [1.807, 2.05) is 24.3 Å². The number of aliphatic hydroxyl groups excluding tert-OH is 1. The Balaban J connectivity index is 2.09.